The van der Waals surface area contributed by atoms with Crippen molar-refractivity contribution in [3.05, 3.63) is 132 Å². The number of anilines is 1. The monoisotopic (exact) mass is 561 g/mol. The fourth-order valence-corrected chi connectivity index (χ4v) is 5.03. The molecule has 1 aliphatic heterocycles. The SMILES string of the molecule is C=C(F)c1cc(/C(=C(\CC(F)(F)F)c2ccccc2)c2ccc(CNC/C=C/C(=C)N3CCCC3)cc2)ccc1N. The smallest absolute Gasteiger partial charge is 0.393 e. The van der Waals surface area contributed by atoms with Gasteiger partial charge < -0.3 is 16.0 Å². The molecule has 1 aliphatic rings. The molecule has 0 amide bonds. The van der Waals surface area contributed by atoms with Crippen molar-refractivity contribution >= 4 is 22.7 Å². The standard InChI is InChI=1S/C34H35F4N3/c1-24(41-19-6-7-20-41)9-8-18-40-23-26-12-14-28(15-13-26)33(29-16-17-32(39)30(21-29)25(2)35)31(22-34(36,37)38)27-10-4-3-5-11-27/h3-5,8-17,21,40H,1-2,6-7,18-20,22-23,39H2/b9-8+,33-31+. The molecule has 1 heterocycles. The van der Waals surface area contributed by atoms with Gasteiger partial charge in [0.2, 0.25) is 0 Å². The molecule has 1 fully saturated rings. The van der Waals surface area contributed by atoms with Crippen LogP contribution in [-0.4, -0.2) is 30.7 Å². The molecule has 3 N–H and O–H groups in total. The summed E-state index contributed by atoms with van der Waals surface area (Å²) in [6, 6.07) is 20.4. The third-order valence-electron chi connectivity index (χ3n) is 7.09. The minimum Gasteiger partial charge on any atom is -0.398 e. The predicted molar refractivity (Wildman–Crippen MR) is 161 cm³/mol. The van der Waals surface area contributed by atoms with Crippen molar-refractivity contribution in [1.82, 2.24) is 10.2 Å². The molecule has 7 heteroatoms. The van der Waals surface area contributed by atoms with Gasteiger partial charge in [-0.1, -0.05) is 79.9 Å². The van der Waals surface area contributed by atoms with Gasteiger partial charge in [0.1, 0.15) is 5.83 Å². The number of alkyl halides is 3. The van der Waals surface area contributed by atoms with Crippen molar-refractivity contribution in [3.63, 3.8) is 0 Å². The maximum Gasteiger partial charge on any atom is 0.393 e. The predicted octanol–water partition coefficient (Wildman–Crippen LogP) is 8.38. The molecule has 0 aliphatic carbocycles. The van der Waals surface area contributed by atoms with Crippen LogP contribution < -0.4 is 11.1 Å². The highest BCUT2D eigenvalue weighted by atomic mass is 19.4. The highest BCUT2D eigenvalue weighted by Gasteiger charge is 2.31. The molecule has 0 atom stereocenters. The summed E-state index contributed by atoms with van der Waals surface area (Å²) in [7, 11) is 0. The van der Waals surface area contributed by atoms with E-state index in [1.54, 1.807) is 48.5 Å². The molecule has 0 saturated carbocycles. The molecule has 41 heavy (non-hydrogen) atoms. The van der Waals surface area contributed by atoms with Gasteiger partial charge in [0.05, 0.1) is 6.42 Å². The number of hydrogen-bond donors (Lipinski definition) is 2. The molecule has 3 aromatic rings. The van der Waals surface area contributed by atoms with Crippen LogP contribution in [0.3, 0.4) is 0 Å². The second-order valence-corrected chi connectivity index (χ2v) is 10.1. The highest BCUT2D eigenvalue weighted by molar-refractivity contribution is 5.99. The van der Waals surface area contributed by atoms with Crippen LogP contribution in [0, 0.1) is 0 Å². The number of nitrogen functional groups attached to an aromatic ring is 1. The second-order valence-electron chi connectivity index (χ2n) is 10.1. The molecular weight excluding hydrogens is 526 g/mol. The first-order valence-electron chi connectivity index (χ1n) is 13.6. The number of benzene rings is 3. The van der Waals surface area contributed by atoms with Crippen LogP contribution in [0.15, 0.2) is 104 Å². The summed E-state index contributed by atoms with van der Waals surface area (Å²) in [5.74, 6) is -0.750. The van der Waals surface area contributed by atoms with Crippen molar-refractivity contribution < 1.29 is 17.6 Å². The summed E-state index contributed by atoms with van der Waals surface area (Å²) in [5, 5.41) is 3.36. The first-order chi connectivity index (χ1) is 19.6. The number of nitrogens with two attached hydrogens (primary N) is 1. The lowest BCUT2D eigenvalue weighted by atomic mass is 9.86. The van der Waals surface area contributed by atoms with Crippen LogP contribution in [0.5, 0.6) is 0 Å². The molecule has 0 aromatic heterocycles. The zero-order chi connectivity index (χ0) is 29.4. The van der Waals surface area contributed by atoms with E-state index in [1.807, 2.05) is 24.3 Å². The van der Waals surface area contributed by atoms with E-state index in [9.17, 15) is 17.6 Å². The summed E-state index contributed by atoms with van der Waals surface area (Å²) in [5.41, 5.74) is 10.0. The Morgan fingerprint density at radius 1 is 0.902 bits per heavy atom. The van der Waals surface area contributed by atoms with Crippen molar-refractivity contribution in [2.75, 3.05) is 25.4 Å². The molecule has 1 saturated heterocycles. The van der Waals surface area contributed by atoms with Gasteiger partial charge in [-0.3, -0.25) is 0 Å². The van der Waals surface area contributed by atoms with Crippen molar-refractivity contribution in [2.45, 2.75) is 32.0 Å². The summed E-state index contributed by atoms with van der Waals surface area (Å²) in [4.78, 5) is 2.27. The summed E-state index contributed by atoms with van der Waals surface area (Å²) in [6.45, 7) is 10.8. The van der Waals surface area contributed by atoms with Crippen molar-refractivity contribution in [1.29, 1.82) is 0 Å². The van der Waals surface area contributed by atoms with Crippen LogP contribution in [0.2, 0.25) is 0 Å². The zero-order valence-electron chi connectivity index (χ0n) is 23.0. The van der Waals surface area contributed by atoms with Gasteiger partial charge in [-0.15, -0.1) is 0 Å². The van der Waals surface area contributed by atoms with Gasteiger partial charge in [-0.2, -0.15) is 13.2 Å². The van der Waals surface area contributed by atoms with Gasteiger partial charge in [-0.05, 0) is 64.5 Å². The first kappa shape index (κ1) is 29.9. The Morgan fingerprint density at radius 3 is 2.20 bits per heavy atom. The Hall–Kier alpha value is -4.10. The van der Waals surface area contributed by atoms with E-state index < -0.39 is 18.4 Å². The first-order valence-corrected chi connectivity index (χ1v) is 13.6. The third kappa shape index (κ3) is 8.21. The van der Waals surface area contributed by atoms with Crippen LogP contribution in [0.4, 0.5) is 23.2 Å². The quantitative estimate of drug-likeness (QED) is 0.0812. The summed E-state index contributed by atoms with van der Waals surface area (Å²) in [6.07, 6.45) is 0.848. The minimum atomic E-state index is -4.46. The lowest BCUT2D eigenvalue weighted by molar-refractivity contribution is -0.122. The molecule has 0 unspecified atom stereocenters. The van der Waals surface area contributed by atoms with Crippen LogP contribution >= 0.6 is 0 Å². The number of likely N-dealkylation sites (tertiary alicyclic amines) is 1. The average Bonchev–Trinajstić information content (AvgIpc) is 3.49. The molecule has 0 spiro atoms. The number of rotatable bonds is 11. The van der Waals surface area contributed by atoms with E-state index in [1.165, 1.54) is 25.0 Å². The van der Waals surface area contributed by atoms with Gasteiger partial charge in [-0.25, -0.2) is 4.39 Å². The van der Waals surface area contributed by atoms with Gasteiger partial charge in [0, 0.05) is 43.1 Å². The van der Waals surface area contributed by atoms with E-state index in [0.717, 1.165) is 24.4 Å². The number of nitrogens with one attached hydrogen (secondary N) is 1. The van der Waals surface area contributed by atoms with Gasteiger partial charge >= 0.3 is 6.18 Å². The summed E-state index contributed by atoms with van der Waals surface area (Å²) >= 11 is 0. The van der Waals surface area contributed by atoms with E-state index in [4.69, 9.17) is 5.73 Å². The molecule has 3 aromatic carbocycles. The van der Waals surface area contributed by atoms with E-state index in [-0.39, 0.29) is 16.8 Å². The van der Waals surface area contributed by atoms with Gasteiger partial charge in [0.15, 0.2) is 0 Å². The molecule has 0 radical (unpaired) electrons. The lowest BCUT2D eigenvalue weighted by Gasteiger charge is -2.20. The zero-order valence-corrected chi connectivity index (χ0v) is 23.0. The number of allylic oxidation sites excluding steroid dienone is 2. The van der Waals surface area contributed by atoms with E-state index >= 15 is 0 Å². The summed E-state index contributed by atoms with van der Waals surface area (Å²) < 4.78 is 55.9. The van der Waals surface area contributed by atoms with Crippen LogP contribution in [-0.2, 0) is 6.54 Å². The molecule has 0 bridgehead atoms. The van der Waals surface area contributed by atoms with Crippen molar-refractivity contribution in [3.8, 4) is 0 Å². The van der Waals surface area contributed by atoms with Gasteiger partial charge in [0.25, 0.3) is 0 Å². The number of hydrogen-bond acceptors (Lipinski definition) is 3. The lowest BCUT2D eigenvalue weighted by Crippen LogP contribution is -2.17. The van der Waals surface area contributed by atoms with Crippen LogP contribution in [0.1, 0.15) is 47.1 Å². The number of nitrogens with zero attached hydrogens (tertiary/aromatic N) is 1. The fraction of sp³-hybridized carbons (Fsp3) is 0.235. The Morgan fingerprint density at radius 2 is 1.56 bits per heavy atom. The largest absolute Gasteiger partial charge is 0.398 e. The second kappa shape index (κ2) is 13.5. The molecular formula is C34H35F4N3. The Labute approximate surface area is 239 Å². The van der Waals surface area contributed by atoms with E-state index in [0.29, 0.717) is 35.4 Å². The maximum absolute atomic E-state index is 14.2. The molecule has 4 rings (SSSR count). The Bertz CT molecular complexity index is 1410. The molecule has 3 nitrogen and oxygen atoms in total. The number of halogens is 4. The van der Waals surface area contributed by atoms with E-state index in [2.05, 4.69) is 23.4 Å². The molecule has 214 valence electrons. The normalized spacial score (nSPS) is 14.4. The highest BCUT2D eigenvalue weighted by Crippen LogP contribution is 2.40. The van der Waals surface area contributed by atoms with Crippen molar-refractivity contribution in [2.24, 2.45) is 0 Å². The Balaban J connectivity index is 1.64. The Kier molecular flexibility index (Phi) is 9.84. The third-order valence-corrected chi connectivity index (χ3v) is 7.09. The maximum atomic E-state index is 14.2. The minimum absolute atomic E-state index is 0.0562. The average molecular weight is 562 g/mol. The van der Waals surface area contributed by atoms with Crippen LogP contribution in [0.25, 0.3) is 17.0 Å². The fourth-order valence-electron chi connectivity index (χ4n) is 5.03. The topological polar surface area (TPSA) is 41.3 Å².